The zero-order chi connectivity index (χ0) is 20.7. The van der Waals surface area contributed by atoms with Crippen molar-refractivity contribution in [2.45, 2.75) is 51.0 Å². The van der Waals surface area contributed by atoms with E-state index in [9.17, 15) is 4.79 Å². The Labute approximate surface area is 187 Å². The number of esters is 1. The van der Waals surface area contributed by atoms with Gasteiger partial charge in [-0.25, -0.2) is 4.79 Å². The van der Waals surface area contributed by atoms with Crippen LogP contribution in [0.15, 0.2) is 36.4 Å². The third kappa shape index (κ3) is 3.87. The highest BCUT2D eigenvalue weighted by atomic mass is 32.1. The number of nitrogens with one attached hydrogen (secondary N) is 2. The normalized spacial score (nSPS) is 28.9. The van der Waals surface area contributed by atoms with Crippen molar-refractivity contribution in [3.8, 4) is 10.4 Å². The highest BCUT2D eigenvalue weighted by Crippen LogP contribution is 2.55. The van der Waals surface area contributed by atoms with Crippen LogP contribution in [0.3, 0.4) is 0 Å². The summed E-state index contributed by atoms with van der Waals surface area (Å²) in [5.41, 5.74) is 1.78. The summed E-state index contributed by atoms with van der Waals surface area (Å²) in [6.07, 6.45) is 7.89. The van der Waals surface area contributed by atoms with Crippen LogP contribution in [-0.4, -0.2) is 23.2 Å². The largest absolute Gasteiger partial charge is 0.462 e. The number of carbonyl (C=O) groups is 1. The second-order valence-electron chi connectivity index (χ2n) is 9.22. The van der Waals surface area contributed by atoms with Crippen molar-refractivity contribution in [2.24, 2.45) is 17.8 Å². The number of hydrogen-bond acceptors (Lipinski definition) is 4. The van der Waals surface area contributed by atoms with Crippen LogP contribution in [0.1, 0.15) is 55.8 Å². The lowest BCUT2D eigenvalue weighted by Gasteiger charge is -2.57. The molecule has 0 radical (unpaired) electrons. The third-order valence-corrected chi connectivity index (χ3v) is 8.23. The first kappa shape index (κ1) is 20.0. The van der Waals surface area contributed by atoms with E-state index in [1.54, 1.807) is 11.3 Å². The molecule has 1 aromatic heterocycles. The molecular weight excluding hydrogens is 412 g/mol. The van der Waals surface area contributed by atoms with E-state index in [4.69, 9.17) is 17.0 Å². The number of thiocarbonyl (C=S) groups is 1. The van der Waals surface area contributed by atoms with Gasteiger partial charge in [-0.3, -0.25) is 0 Å². The van der Waals surface area contributed by atoms with Gasteiger partial charge in [0.2, 0.25) is 0 Å². The van der Waals surface area contributed by atoms with Gasteiger partial charge in [0.05, 0.1) is 12.2 Å². The number of anilines is 1. The molecule has 6 rings (SSSR count). The fraction of sp³-hybridized carbons (Fsp3) is 0.500. The van der Waals surface area contributed by atoms with Crippen molar-refractivity contribution in [1.29, 1.82) is 0 Å². The van der Waals surface area contributed by atoms with E-state index in [2.05, 4.69) is 22.8 Å². The van der Waals surface area contributed by atoms with E-state index in [1.807, 2.05) is 31.2 Å². The van der Waals surface area contributed by atoms with Gasteiger partial charge in [0.1, 0.15) is 5.00 Å². The van der Waals surface area contributed by atoms with Gasteiger partial charge in [0.25, 0.3) is 0 Å². The topological polar surface area (TPSA) is 50.4 Å². The Kier molecular flexibility index (Phi) is 5.31. The van der Waals surface area contributed by atoms with Crippen LogP contribution in [-0.2, 0) is 4.74 Å². The van der Waals surface area contributed by atoms with E-state index in [1.165, 1.54) is 38.5 Å². The molecule has 30 heavy (non-hydrogen) atoms. The molecule has 0 saturated heterocycles. The van der Waals surface area contributed by atoms with E-state index >= 15 is 0 Å². The molecule has 6 heteroatoms. The smallest absolute Gasteiger partial charge is 0.341 e. The molecule has 4 aliphatic rings. The summed E-state index contributed by atoms with van der Waals surface area (Å²) < 4.78 is 5.30. The van der Waals surface area contributed by atoms with Crippen molar-refractivity contribution in [1.82, 2.24) is 5.32 Å². The number of ether oxygens (including phenoxy) is 1. The number of benzene rings is 1. The molecule has 0 spiro atoms. The fourth-order valence-electron chi connectivity index (χ4n) is 6.23. The molecule has 2 aromatic rings. The molecule has 4 saturated carbocycles. The molecule has 158 valence electrons. The van der Waals surface area contributed by atoms with Crippen molar-refractivity contribution in [3.05, 3.63) is 42.0 Å². The SMILES string of the molecule is CCOC(=O)c1cc(-c2ccccc2)sc1NC(=S)NC12CC3CC(CC(C3)C1)C2. The van der Waals surface area contributed by atoms with Crippen LogP contribution >= 0.6 is 23.6 Å². The van der Waals surface area contributed by atoms with Gasteiger partial charge in [0, 0.05) is 10.4 Å². The van der Waals surface area contributed by atoms with E-state index in [0.29, 0.717) is 17.3 Å². The quantitative estimate of drug-likeness (QED) is 0.451. The Morgan fingerprint density at radius 3 is 2.37 bits per heavy atom. The maximum atomic E-state index is 12.6. The number of thiophene rings is 1. The van der Waals surface area contributed by atoms with Crippen LogP contribution in [0, 0.1) is 17.8 Å². The van der Waals surface area contributed by atoms with Crippen molar-refractivity contribution < 1.29 is 9.53 Å². The molecule has 1 aromatic carbocycles. The first-order valence-electron chi connectivity index (χ1n) is 11.0. The molecule has 4 aliphatic carbocycles. The van der Waals surface area contributed by atoms with Crippen LogP contribution in [0.25, 0.3) is 10.4 Å². The zero-order valence-electron chi connectivity index (χ0n) is 17.3. The fourth-order valence-corrected chi connectivity index (χ4v) is 7.67. The number of rotatable bonds is 5. The summed E-state index contributed by atoms with van der Waals surface area (Å²) in [5, 5.41) is 8.44. The lowest BCUT2D eigenvalue weighted by atomic mass is 9.53. The Bertz CT molecular complexity index is 918. The van der Waals surface area contributed by atoms with Crippen LogP contribution < -0.4 is 10.6 Å². The summed E-state index contributed by atoms with van der Waals surface area (Å²) in [5.74, 6) is 2.25. The minimum atomic E-state index is -0.309. The first-order valence-corrected chi connectivity index (χ1v) is 12.2. The van der Waals surface area contributed by atoms with Crippen LogP contribution in [0.4, 0.5) is 5.00 Å². The predicted molar refractivity (Wildman–Crippen MR) is 126 cm³/mol. The van der Waals surface area contributed by atoms with E-state index < -0.39 is 0 Å². The molecule has 1 heterocycles. The maximum absolute atomic E-state index is 12.6. The van der Waals surface area contributed by atoms with Crippen molar-refractivity contribution >= 4 is 39.6 Å². The minimum absolute atomic E-state index is 0.141. The van der Waals surface area contributed by atoms with Crippen LogP contribution in [0.2, 0.25) is 0 Å². The summed E-state index contributed by atoms with van der Waals surface area (Å²) in [7, 11) is 0. The molecule has 4 fully saturated rings. The Hall–Kier alpha value is -1.92. The Balaban J connectivity index is 1.36. The summed E-state index contributed by atoms with van der Waals surface area (Å²) >= 11 is 7.29. The number of carbonyl (C=O) groups excluding carboxylic acids is 1. The summed E-state index contributed by atoms with van der Waals surface area (Å²) in [6.45, 7) is 2.18. The lowest BCUT2D eigenvalue weighted by Crippen LogP contribution is -2.60. The molecular formula is C24H28N2O2S2. The van der Waals surface area contributed by atoms with Gasteiger partial charge < -0.3 is 15.4 Å². The lowest BCUT2D eigenvalue weighted by molar-refractivity contribution is -0.00972. The maximum Gasteiger partial charge on any atom is 0.341 e. The zero-order valence-corrected chi connectivity index (χ0v) is 18.9. The molecule has 0 amide bonds. The minimum Gasteiger partial charge on any atom is -0.462 e. The first-order chi connectivity index (χ1) is 14.5. The molecule has 0 aliphatic heterocycles. The summed E-state index contributed by atoms with van der Waals surface area (Å²) in [4.78, 5) is 13.6. The molecule has 0 unspecified atom stereocenters. The summed E-state index contributed by atoms with van der Waals surface area (Å²) in [6, 6.07) is 12.0. The second-order valence-corrected chi connectivity index (χ2v) is 10.7. The van der Waals surface area contributed by atoms with Gasteiger partial charge in [-0.15, -0.1) is 11.3 Å². The highest BCUT2D eigenvalue weighted by Gasteiger charge is 2.51. The molecule has 2 N–H and O–H groups in total. The van der Waals surface area contributed by atoms with E-state index in [0.717, 1.165) is 33.2 Å². The van der Waals surface area contributed by atoms with Crippen molar-refractivity contribution in [2.75, 3.05) is 11.9 Å². The average Bonchev–Trinajstić information content (AvgIpc) is 3.11. The highest BCUT2D eigenvalue weighted by molar-refractivity contribution is 7.80. The average molecular weight is 441 g/mol. The van der Waals surface area contributed by atoms with Gasteiger partial charge in [-0.2, -0.15) is 0 Å². The Morgan fingerprint density at radius 2 is 1.77 bits per heavy atom. The predicted octanol–water partition coefficient (Wildman–Crippen LogP) is 5.85. The standard InChI is InChI=1S/C24H28N2O2S2/c1-2-28-22(27)19-11-20(18-6-4-3-5-7-18)30-21(19)25-23(29)26-24-12-15-8-16(13-24)10-17(9-15)14-24/h3-7,11,15-17H,2,8-10,12-14H2,1H3,(H2,25,26,29). The molecule has 4 bridgehead atoms. The Morgan fingerprint density at radius 1 is 1.13 bits per heavy atom. The van der Waals surface area contributed by atoms with Crippen molar-refractivity contribution in [3.63, 3.8) is 0 Å². The van der Waals surface area contributed by atoms with E-state index in [-0.39, 0.29) is 11.5 Å². The van der Waals surface area contributed by atoms with Gasteiger partial charge in [-0.1, -0.05) is 30.3 Å². The monoisotopic (exact) mass is 440 g/mol. The second kappa shape index (κ2) is 7.97. The molecule has 4 nitrogen and oxygen atoms in total. The van der Waals surface area contributed by atoms with Gasteiger partial charge >= 0.3 is 5.97 Å². The number of hydrogen-bond donors (Lipinski definition) is 2. The molecule has 0 atom stereocenters. The van der Waals surface area contributed by atoms with Crippen LogP contribution in [0.5, 0.6) is 0 Å². The van der Waals surface area contributed by atoms with Gasteiger partial charge in [-0.05, 0) is 87.1 Å². The van der Waals surface area contributed by atoms with Gasteiger partial charge in [0.15, 0.2) is 5.11 Å². The third-order valence-electron chi connectivity index (χ3n) is 6.93.